The fraction of sp³-hybridized carbons (Fsp3) is 0.143. The molecule has 0 radical (unpaired) electrons. The maximum Gasteiger partial charge on any atom is 0.310 e. The highest BCUT2D eigenvalue weighted by atomic mass is 35.5. The van der Waals surface area contributed by atoms with Crippen molar-refractivity contribution in [2.45, 2.75) is 24.8 Å². The molecule has 0 spiro atoms. The Hall–Kier alpha value is -3.09. The van der Waals surface area contributed by atoms with Gasteiger partial charge in [0.1, 0.15) is 11.5 Å². The van der Waals surface area contributed by atoms with Crippen LogP contribution < -0.4 is 24.6 Å². The number of methoxy groups -OCH3 is 1. The Balaban J connectivity index is 1.78. The van der Waals surface area contributed by atoms with Crippen LogP contribution in [0.1, 0.15) is 24.1 Å². The summed E-state index contributed by atoms with van der Waals surface area (Å²) >= 11 is 6.30. The van der Waals surface area contributed by atoms with Crippen LogP contribution in [-0.4, -0.2) is 15.5 Å². The van der Waals surface area contributed by atoms with Crippen LogP contribution in [0.2, 0.25) is 5.02 Å². The van der Waals surface area contributed by atoms with Crippen molar-refractivity contribution in [2.75, 3.05) is 7.11 Å². The lowest BCUT2D eigenvalue weighted by Crippen LogP contribution is -2.28. The zero-order valence-corrected chi connectivity index (χ0v) is 23.1. The number of hydrogen-bond donors (Lipinski definition) is 1. The van der Waals surface area contributed by atoms with Gasteiger partial charge in [0.15, 0.2) is 0 Å². The zero-order valence-electron chi connectivity index (χ0n) is 20.6. The first-order valence-electron chi connectivity index (χ1n) is 11.5. The first-order valence-corrected chi connectivity index (χ1v) is 15.0. The van der Waals surface area contributed by atoms with Crippen LogP contribution in [0, 0.1) is 6.92 Å². The number of ether oxygens (including phenoxy) is 1. The summed E-state index contributed by atoms with van der Waals surface area (Å²) in [7, 11) is -6.09. The topological polar surface area (TPSA) is 81.7 Å². The third-order valence-electron chi connectivity index (χ3n) is 5.83. The summed E-state index contributed by atoms with van der Waals surface area (Å²) in [4.78, 5) is 0.137. The second-order valence-electron chi connectivity index (χ2n) is 8.49. The minimum Gasteiger partial charge on any atom is -0.496 e. The normalized spacial score (nSPS) is 13.9. The molecule has 0 bridgehead atoms. The molecule has 0 amide bonds. The molecule has 0 unspecified atom stereocenters. The van der Waals surface area contributed by atoms with Crippen molar-refractivity contribution < 1.29 is 22.2 Å². The summed E-state index contributed by atoms with van der Waals surface area (Å²) in [6.45, 7) is 3.57. The molecular weight excluding hydrogens is 529 g/mol. The molecule has 9 heteroatoms. The van der Waals surface area contributed by atoms with E-state index in [0.29, 0.717) is 26.9 Å². The molecule has 4 rings (SSSR count). The third kappa shape index (κ3) is 5.91. The van der Waals surface area contributed by atoms with Crippen molar-refractivity contribution >= 4 is 39.6 Å². The largest absolute Gasteiger partial charge is 0.496 e. The predicted molar refractivity (Wildman–Crippen MR) is 148 cm³/mol. The van der Waals surface area contributed by atoms with Crippen LogP contribution in [-0.2, 0) is 14.6 Å². The van der Waals surface area contributed by atoms with Gasteiger partial charge in [0.2, 0.25) is 10.0 Å². The molecule has 37 heavy (non-hydrogen) atoms. The first-order chi connectivity index (χ1) is 17.6. The van der Waals surface area contributed by atoms with Crippen molar-refractivity contribution in [3.05, 3.63) is 113 Å². The van der Waals surface area contributed by atoms with Gasteiger partial charge in [-0.2, -0.15) is 0 Å². The molecule has 4 aromatic carbocycles. The number of para-hydroxylation sites is 1. The molecule has 4 aromatic rings. The van der Waals surface area contributed by atoms with Crippen LogP contribution in [0.5, 0.6) is 11.5 Å². The standard InChI is InChI=1S/C28H27ClNO5PS/c1-20-13-16-24(17-14-20)37(32,33)30-21(2)25-19-22(29)15-18-26(25)35-36(31,23-9-5-4-6-10-23)28-12-8-7-11-27(28)34-3/h4-19,21,30H,1-3H3/t21-,36-/m1/s1. The van der Waals surface area contributed by atoms with Gasteiger partial charge in [-0.25, -0.2) is 13.1 Å². The smallest absolute Gasteiger partial charge is 0.310 e. The third-order valence-corrected chi connectivity index (χ3v) is 10.1. The summed E-state index contributed by atoms with van der Waals surface area (Å²) in [6, 6.07) is 26.4. The summed E-state index contributed by atoms with van der Waals surface area (Å²) in [5.74, 6) is 0.653. The SMILES string of the molecule is COc1ccccc1[P@](=O)(Oc1ccc(Cl)cc1[C@@H](C)NS(=O)(=O)c1ccc(C)cc1)c1ccccc1. The van der Waals surface area contributed by atoms with Gasteiger partial charge >= 0.3 is 7.37 Å². The second-order valence-corrected chi connectivity index (χ2v) is 12.9. The highest BCUT2D eigenvalue weighted by Gasteiger charge is 2.34. The fourth-order valence-electron chi connectivity index (χ4n) is 3.90. The van der Waals surface area contributed by atoms with Crippen molar-refractivity contribution in [2.24, 2.45) is 0 Å². The average Bonchev–Trinajstić information content (AvgIpc) is 2.90. The maximum absolute atomic E-state index is 14.7. The molecule has 0 aromatic heterocycles. The van der Waals surface area contributed by atoms with Gasteiger partial charge < -0.3 is 9.26 Å². The first kappa shape index (κ1) is 27.0. The van der Waals surface area contributed by atoms with E-state index in [-0.39, 0.29) is 10.6 Å². The predicted octanol–water partition coefficient (Wildman–Crippen LogP) is 6.00. The zero-order chi connectivity index (χ0) is 26.6. The Morgan fingerprint density at radius 2 is 1.51 bits per heavy atom. The maximum atomic E-state index is 14.7. The van der Waals surface area contributed by atoms with E-state index in [0.717, 1.165) is 5.56 Å². The molecule has 0 aliphatic rings. The van der Waals surface area contributed by atoms with E-state index in [1.165, 1.54) is 7.11 Å². The van der Waals surface area contributed by atoms with Gasteiger partial charge in [-0.3, -0.25) is 4.57 Å². The number of rotatable bonds is 9. The Kier molecular flexibility index (Phi) is 8.10. The van der Waals surface area contributed by atoms with Gasteiger partial charge in [0.05, 0.1) is 22.6 Å². The molecule has 0 saturated heterocycles. The Labute approximate surface area is 222 Å². The highest BCUT2D eigenvalue weighted by molar-refractivity contribution is 7.89. The molecule has 0 aliphatic carbocycles. The van der Waals surface area contributed by atoms with E-state index in [1.54, 1.807) is 97.9 Å². The van der Waals surface area contributed by atoms with Crippen molar-refractivity contribution in [3.8, 4) is 11.5 Å². The number of sulfonamides is 1. The minimum atomic E-state index is -3.85. The van der Waals surface area contributed by atoms with E-state index >= 15 is 0 Å². The van der Waals surface area contributed by atoms with E-state index in [9.17, 15) is 13.0 Å². The van der Waals surface area contributed by atoms with E-state index in [1.807, 2.05) is 13.0 Å². The Bertz CT molecular complexity index is 1540. The highest BCUT2D eigenvalue weighted by Crippen LogP contribution is 2.49. The number of nitrogens with one attached hydrogen (secondary N) is 1. The number of aryl methyl sites for hydroxylation is 1. The molecule has 192 valence electrons. The van der Waals surface area contributed by atoms with Crippen LogP contribution in [0.25, 0.3) is 0 Å². The van der Waals surface area contributed by atoms with Crippen molar-refractivity contribution in [3.63, 3.8) is 0 Å². The lowest BCUT2D eigenvalue weighted by molar-refractivity contribution is 0.416. The summed E-state index contributed by atoms with van der Waals surface area (Å²) < 4.78 is 55.4. The molecule has 0 fully saturated rings. The number of benzene rings is 4. The van der Waals surface area contributed by atoms with E-state index in [4.69, 9.17) is 20.9 Å². The van der Waals surface area contributed by atoms with E-state index in [2.05, 4.69) is 4.72 Å². The Morgan fingerprint density at radius 3 is 2.19 bits per heavy atom. The molecule has 2 atom stereocenters. The lowest BCUT2D eigenvalue weighted by atomic mass is 10.1. The lowest BCUT2D eigenvalue weighted by Gasteiger charge is -2.25. The van der Waals surface area contributed by atoms with Crippen LogP contribution in [0.4, 0.5) is 0 Å². The Morgan fingerprint density at radius 1 is 0.865 bits per heavy atom. The molecule has 0 heterocycles. The average molecular weight is 556 g/mol. The van der Waals surface area contributed by atoms with Crippen molar-refractivity contribution in [1.29, 1.82) is 0 Å². The second kappa shape index (κ2) is 11.1. The number of halogens is 1. The molecule has 6 nitrogen and oxygen atoms in total. The fourth-order valence-corrected chi connectivity index (χ4v) is 7.53. The van der Waals surface area contributed by atoms with Gasteiger partial charge in [-0.15, -0.1) is 0 Å². The quantitative estimate of drug-likeness (QED) is 0.256. The molecule has 0 saturated carbocycles. The monoisotopic (exact) mass is 555 g/mol. The van der Waals surface area contributed by atoms with Gasteiger partial charge in [-0.1, -0.05) is 59.6 Å². The summed E-state index contributed by atoms with van der Waals surface area (Å²) in [6.07, 6.45) is 0. The molecule has 1 N–H and O–H groups in total. The summed E-state index contributed by atoms with van der Waals surface area (Å²) in [5, 5.41) is 1.24. The van der Waals surface area contributed by atoms with Crippen LogP contribution in [0.3, 0.4) is 0 Å². The molecule has 0 aliphatic heterocycles. The van der Waals surface area contributed by atoms with Crippen molar-refractivity contribution in [1.82, 2.24) is 4.72 Å². The minimum absolute atomic E-state index is 0.137. The van der Waals surface area contributed by atoms with Crippen LogP contribution in [0.15, 0.2) is 102 Å². The van der Waals surface area contributed by atoms with Gasteiger partial charge in [0.25, 0.3) is 0 Å². The van der Waals surface area contributed by atoms with E-state index < -0.39 is 23.4 Å². The summed E-state index contributed by atoms with van der Waals surface area (Å²) in [5.41, 5.74) is 1.39. The van der Waals surface area contributed by atoms with Crippen LogP contribution >= 0.6 is 19.0 Å². The molecular formula is C28H27ClNO5PS. The number of hydrogen-bond acceptors (Lipinski definition) is 5. The van der Waals surface area contributed by atoms with Gasteiger partial charge in [-0.05, 0) is 68.4 Å². The van der Waals surface area contributed by atoms with Gasteiger partial charge in [0, 0.05) is 16.6 Å².